The Morgan fingerprint density at radius 1 is 1.18 bits per heavy atom. The minimum absolute atomic E-state index is 0.0510. The molecule has 0 aliphatic rings. The van der Waals surface area contributed by atoms with Crippen molar-refractivity contribution in [1.29, 1.82) is 0 Å². The molecule has 0 aliphatic carbocycles. The topological polar surface area (TPSA) is 128 Å². The van der Waals surface area contributed by atoms with E-state index in [1.54, 1.807) is 26.8 Å². The van der Waals surface area contributed by atoms with Crippen LogP contribution in [0.1, 0.15) is 33.3 Å². The first-order chi connectivity index (χ1) is 13.1. The molecule has 0 spiro atoms. The van der Waals surface area contributed by atoms with Crippen LogP contribution in [0.5, 0.6) is 0 Å². The maximum Gasteiger partial charge on any atom is 0.341 e. The number of nitro benzene ring substituents is 1. The van der Waals surface area contributed by atoms with Gasteiger partial charge in [0.15, 0.2) is 6.61 Å². The Bertz CT molecular complexity index is 966. The number of nitrogens with one attached hydrogen (secondary N) is 2. The molecule has 0 fully saturated rings. The van der Waals surface area contributed by atoms with E-state index in [4.69, 9.17) is 4.74 Å². The molecule has 10 heteroatoms. The largest absolute Gasteiger partial charge is 0.452 e. The smallest absolute Gasteiger partial charge is 0.341 e. The number of rotatable bonds is 6. The monoisotopic (exact) mass is 405 g/mol. The molecule has 0 bridgehead atoms. The van der Waals surface area contributed by atoms with E-state index in [0.717, 1.165) is 4.88 Å². The predicted molar refractivity (Wildman–Crippen MR) is 105 cm³/mol. The van der Waals surface area contributed by atoms with Gasteiger partial charge >= 0.3 is 5.97 Å². The van der Waals surface area contributed by atoms with Gasteiger partial charge in [-0.1, -0.05) is 12.1 Å². The fourth-order valence-corrected chi connectivity index (χ4v) is 3.56. The van der Waals surface area contributed by atoms with Crippen molar-refractivity contribution >= 4 is 45.5 Å². The zero-order chi connectivity index (χ0) is 21.0. The van der Waals surface area contributed by atoms with Crippen LogP contribution >= 0.6 is 11.3 Å². The lowest BCUT2D eigenvalue weighted by Gasteiger charge is -2.10. The van der Waals surface area contributed by atoms with Gasteiger partial charge < -0.3 is 15.4 Å². The van der Waals surface area contributed by atoms with Crippen molar-refractivity contribution in [3.8, 4) is 0 Å². The number of carbonyl (C=O) groups is 3. The summed E-state index contributed by atoms with van der Waals surface area (Å²) in [5.41, 5.74) is 1.14. The van der Waals surface area contributed by atoms with Crippen molar-refractivity contribution in [3.63, 3.8) is 0 Å². The highest BCUT2D eigenvalue weighted by molar-refractivity contribution is 7.16. The Labute approximate surface area is 164 Å². The lowest BCUT2D eigenvalue weighted by Crippen LogP contribution is -2.22. The second kappa shape index (κ2) is 8.61. The minimum atomic E-state index is -0.764. The number of esters is 1. The summed E-state index contributed by atoms with van der Waals surface area (Å²) in [7, 11) is 0. The summed E-state index contributed by atoms with van der Waals surface area (Å²) in [6.45, 7) is 5.82. The van der Waals surface area contributed by atoms with Gasteiger partial charge in [0.1, 0.15) is 10.7 Å². The van der Waals surface area contributed by atoms with Crippen molar-refractivity contribution in [1.82, 2.24) is 0 Å². The van der Waals surface area contributed by atoms with Crippen LogP contribution in [0.4, 0.5) is 16.4 Å². The molecule has 2 amide bonds. The van der Waals surface area contributed by atoms with Crippen molar-refractivity contribution in [2.45, 2.75) is 27.7 Å². The van der Waals surface area contributed by atoms with Gasteiger partial charge in [-0.3, -0.25) is 19.7 Å². The molecule has 2 N–H and O–H groups in total. The summed E-state index contributed by atoms with van der Waals surface area (Å²) >= 11 is 1.23. The number of nitrogens with zero attached hydrogens (tertiary/aromatic N) is 1. The quantitative estimate of drug-likeness (QED) is 0.431. The number of amides is 2. The van der Waals surface area contributed by atoms with Gasteiger partial charge in [-0.25, -0.2) is 4.79 Å². The van der Waals surface area contributed by atoms with Crippen molar-refractivity contribution in [3.05, 3.63) is 49.9 Å². The maximum absolute atomic E-state index is 12.4. The number of nitro groups is 1. The highest BCUT2D eigenvalue weighted by atomic mass is 32.1. The number of para-hydroxylation sites is 1. The number of thiophene rings is 1. The van der Waals surface area contributed by atoms with Crippen LogP contribution in [0.15, 0.2) is 18.2 Å². The number of hydrogen-bond acceptors (Lipinski definition) is 7. The van der Waals surface area contributed by atoms with Crippen molar-refractivity contribution in [2.24, 2.45) is 0 Å². The first-order valence-electron chi connectivity index (χ1n) is 8.20. The van der Waals surface area contributed by atoms with E-state index in [9.17, 15) is 24.5 Å². The molecule has 0 radical (unpaired) electrons. The average Bonchev–Trinajstić information content (AvgIpc) is 2.87. The van der Waals surface area contributed by atoms with Gasteiger partial charge in [0.05, 0.1) is 10.5 Å². The second-order valence-electron chi connectivity index (χ2n) is 6.02. The molecule has 1 heterocycles. The van der Waals surface area contributed by atoms with Crippen LogP contribution in [0.2, 0.25) is 0 Å². The Hall–Kier alpha value is -3.27. The van der Waals surface area contributed by atoms with Gasteiger partial charge in [-0.05, 0) is 31.9 Å². The normalized spacial score (nSPS) is 10.3. The fourth-order valence-electron chi connectivity index (χ4n) is 2.47. The first-order valence-corrected chi connectivity index (χ1v) is 9.02. The number of anilines is 2. The maximum atomic E-state index is 12.4. The summed E-state index contributed by atoms with van der Waals surface area (Å²) in [5.74, 6) is -1.81. The molecule has 2 rings (SSSR count). The third-order valence-corrected chi connectivity index (χ3v) is 5.05. The van der Waals surface area contributed by atoms with Gasteiger partial charge in [-0.2, -0.15) is 0 Å². The van der Waals surface area contributed by atoms with E-state index in [2.05, 4.69) is 10.6 Å². The molecular weight excluding hydrogens is 386 g/mol. The molecule has 1 aromatic heterocycles. The fraction of sp³-hybridized carbons (Fsp3) is 0.278. The molecule has 0 saturated heterocycles. The van der Waals surface area contributed by atoms with E-state index in [1.165, 1.54) is 30.4 Å². The zero-order valence-corrected chi connectivity index (χ0v) is 16.6. The highest BCUT2D eigenvalue weighted by Crippen LogP contribution is 2.33. The molecule has 0 atom stereocenters. The average molecular weight is 405 g/mol. The SMILES string of the molecule is CC(=O)Nc1sc(C)c(C)c1C(=O)OCC(=O)Nc1c(C)cccc1[N+](=O)[O-]. The van der Waals surface area contributed by atoms with Gasteiger partial charge in [-0.15, -0.1) is 11.3 Å². The molecular formula is C18H19N3O6S. The van der Waals surface area contributed by atoms with Gasteiger partial charge in [0.2, 0.25) is 5.91 Å². The molecule has 0 saturated carbocycles. The van der Waals surface area contributed by atoms with E-state index < -0.39 is 23.4 Å². The minimum Gasteiger partial charge on any atom is -0.452 e. The lowest BCUT2D eigenvalue weighted by atomic mass is 10.1. The second-order valence-corrected chi connectivity index (χ2v) is 7.24. The number of hydrogen-bond donors (Lipinski definition) is 2. The standard InChI is InChI=1S/C18H19N3O6S/c1-9-6-5-7-13(21(25)26)16(9)20-14(23)8-27-18(24)15-10(2)11(3)28-17(15)19-12(4)22/h5-7H,8H2,1-4H3,(H,19,22)(H,20,23). The van der Waals surface area contributed by atoms with E-state index in [0.29, 0.717) is 16.1 Å². The molecule has 1 aromatic carbocycles. The Kier molecular flexibility index (Phi) is 6.47. The molecule has 148 valence electrons. The van der Waals surface area contributed by atoms with E-state index >= 15 is 0 Å². The summed E-state index contributed by atoms with van der Waals surface area (Å²) < 4.78 is 5.05. The zero-order valence-electron chi connectivity index (χ0n) is 15.7. The summed E-state index contributed by atoms with van der Waals surface area (Å²) in [5, 5.41) is 16.4. The molecule has 9 nitrogen and oxygen atoms in total. The van der Waals surface area contributed by atoms with Crippen molar-refractivity contribution < 1.29 is 24.0 Å². The van der Waals surface area contributed by atoms with E-state index in [1.807, 2.05) is 0 Å². The molecule has 0 aliphatic heterocycles. The Morgan fingerprint density at radius 2 is 1.86 bits per heavy atom. The van der Waals surface area contributed by atoms with Gasteiger partial charge in [0.25, 0.3) is 11.6 Å². The Balaban J connectivity index is 2.12. The van der Waals surface area contributed by atoms with Crippen molar-refractivity contribution in [2.75, 3.05) is 17.2 Å². The van der Waals surface area contributed by atoms with Gasteiger partial charge in [0, 0.05) is 17.9 Å². The molecule has 0 unspecified atom stereocenters. The summed E-state index contributed by atoms with van der Waals surface area (Å²) in [4.78, 5) is 47.2. The Morgan fingerprint density at radius 3 is 2.46 bits per heavy atom. The van der Waals surface area contributed by atoms with Crippen LogP contribution in [0, 0.1) is 30.9 Å². The number of aryl methyl sites for hydroxylation is 2. The summed E-state index contributed by atoms with van der Waals surface area (Å²) in [6.07, 6.45) is 0. The van der Waals surface area contributed by atoms with Crippen LogP contribution in [-0.4, -0.2) is 29.3 Å². The number of carbonyl (C=O) groups excluding carboxylic acids is 3. The van der Waals surface area contributed by atoms with Crippen LogP contribution in [-0.2, 0) is 14.3 Å². The first kappa shape index (κ1) is 21.0. The molecule has 28 heavy (non-hydrogen) atoms. The van der Waals surface area contributed by atoms with Crippen LogP contribution in [0.3, 0.4) is 0 Å². The highest BCUT2D eigenvalue weighted by Gasteiger charge is 2.23. The lowest BCUT2D eigenvalue weighted by molar-refractivity contribution is -0.384. The third-order valence-electron chi connectivity index (χ3n) is 3.93. The number of benzene rings is 1. The molecule has 2 aromatic rings. The van der Waals surface area contributed by atoms with Crippen LogP contribution in [0.25, 0.3) is 0 Å². The van der Waals surface area contributed by atoms with E-state index in [-0.39, 0.29) is 22.8 Å². The summed E-state index contributed by atoms with van der Waals surface area (Å²) in [6, 6.07) is 4.39. The van der Waals surface area contributed by atoms with Crippen LogP contribution < -0.4 is 10.6 Å². The number of ether oxygens (including phenoxy) is 1. The predicted octanol–water partition coefficient (Wildman–Crippen LogP) is 3.34. The third kappa shape index (κ3) is 4.71.